The van der Waals surface area contributed by atoms with Crippen LogP contribution in [-0.2, 0) is 12.8 Å². The fourth-order valence-corrected chi connectivity index (χ4v) is 3.80. The third kappa shape index (κ3) is 4.19. The molecule has 0 unspecified atom stereocenters. The average Bonchev–Trinajstić information content (AvgIpc) is 2.62. The molecule has 128 valence electrons. The average molecular weight is 329 g/mol. The van der Waals surface area contributed by atoms with Crippen molar-refractivity contribution in [3.05, 3.63) is 65.0 Å². The van der Waals surface area contributed by atoms with Crippen molar-refractivity contribution in [2.45, 2.75) is 57.8 Å². The van der Waals surface area contributed by atoms with Crippen LogP contribution in [0.25, 0.3) is 0 Å². The second kappa shape index (κ2) is 7.87. The summed E-state index contributed by atoms with van der Waals surface area (Å²) in [4.78, 5) is 3.27. The van der Waals surface area contributed by atoms with E-state index in [1.54, 1.807) is 0 Å². The zero-order valence-electron chi connectivity index (χ0n) is 14.3. The Morgan fingerprint density at radius 2 is 1.67 bits per heavy atom. The first-order valence-corrected chi connectivity index (χ1v) is 9.05. The zero-order valence-corrected chi connectivity index (χ0v) is 14.3. The third-order valence-electron chi connectivity index (χ3n) is 5.42. The van der Waals surface area contributed by atoms with E-state index in [9.17, 15) is 8.78 Å². The number of nitrogens with zero attached hydrogens (tertiary/aromatic N) is 1. The molecular weight excluding hydrogens is 304 g/mol. The number of benzene rings is 1. The number of aryl methyl sites for hydroxylation is 2. The quantitative estimate of drug-likeness (QED) is 0.629. The van der Waals surface area contributed by atoms with E-state index in [0.29, 0.717) is 23.8 Å². The van der Waals surface area contributed by atoms with Crippen LogP contribution in [0.15, 0.2) is 36.4 Å². The standard InChI is InChI=1S/C21H25F2N/c1-2-15-3-8-17(9-4-15)18-10-5-16(6-11-18)7-12-19-13-14-20(22)24-21(19)23/h3-4,8-9,13-14,16,18H,2,5-7,10-12H2,1H3. The summed E-state index contributed by atoms with van der Waals surface area (Å²) < 4.78 is 26.4. The Hall–Kier alpha value is -1.77. The third-order valence-corrected chi connectivity index (χ3v) is 5.42. The van der Waals surface area contributed by atoms with Crippen LogP contribution in [-0.4, -0.2) is 4.98 Å². The lowest BCUT2D eigenvalue weighted by Gasteiger charge is -2.29. The van der Waals surface area contributed by atoms with Crippen molar-refractivity contribution in [1.29, 1.82) is 0 Å². The fraction of sp³-hybridized carbons (Fsp3) is 0.476. The Kier molecular flexibility index (Phi) is 5.60. The summed E-state index contributed by atoms with van der Waals surface area (Å²) in [5, 5.41) is 0. The highest BCUT2D eigenvalue weighted by molar-refractivity contribution is 5.25. The van der Waals surface area contributed by atoms with Gasteiger partial charge in [-0.25, -0.2) is 0 Å². The SMILES string of the molecule is CCc1ccc(C2CCC(CCc3ccc(F)nc3F)CC2)cc1. The van der Waals surface area contributed by atoms with Gasteiger partial charge in [0.2, 0.25) is 11.9 Å². The molecule has 1 heterocycles. The van der Waals surface area contributed by atoms with Crippen LogP contribution in [0.2, 0.25) is 0 Å². The van der Waals surface area contributed by atoms with Crippen LogP contribution in [0.5, 0.6) is 0 Å². The van der Waals surface area contributed by atoms with Crippen LogP contribution in [0.3, 0.4) is 0 Å². The Bertz CT molecular complexity index is 658. The molecule has 2 aromatic rings. The van der Waals surface area contributed by atoms with Crippen LogP contribution in [0, 0.1) is 17.8 Å². The van der Waals surface area contributed by atoms with E-state index in [0.717, 1.165) is 12.8 Å². The number of hydrogen-bond acceptors (Lipinski definition) is 1. The van der Waals surface area contributed by atoms with Gasteiger partial charge in [-0.2, -0.15) is 13.8 Å². The second-order valence-electron chi connectivity index (χ2n) is 6.94. The molecule has 0 spiro atoms. The maximum Gasteiger partial charge on any atom is 0.218 e. The van der Waals surface area contributed by atoms with Crippen molar-refractivity contribution in [3.8, 4) is 0 Å². The fourth-order valence-electron chi connectivity index (χ4n) is 3.80. The minimum absolute atomic E-state index is 0.536. The summed E-state index contributed by atoms with van der Waals surface area (Å²) >= 11 is 0. The van der Waals surface area contributed by atoms with Crippen molar-refractivity contribution in [1.82, 2.24) is 4.98 Å². The van der Waals surface area contributed by atoms with Gasteiger partial charge in [0.25, 0.3) is 0 Å². The van der Waals surface area contributed by atoms with Crippen molar-refractivity contribution in [2.75, 3.05) is 0 Å². The molecule has 1 aromatic carbocycles. The lowest BCUT2D eigenvalue weighted by molar-refractivity contribution is 0.309. The van der Waals surface area contributed by atoms with Gasteiger partial charge in [0.15, 0.2) is 0 Å². The smallest absolute Gasteiger partial charge is 0.190 e. The molecule has 1 saturated carbocycles. The lowest BCUT2D eigenvalue weighted by Crippen LogP contribution is -2.14. The van der Waals surface area contributed by atoms with Gasteiger partial charge in [-0.3, -0.25) is 0 Å². The van der Waals surface area contributed by atoms with Gasteiger partial charge in [0.1, 0.15) is 0 Å². The maximum absolute atomic E-state index is 13.6. The van der Waals surface area contributed by atoms with Gasteiger partial charge in [0.05, 0.1) is 0 Å². The molecule has 1 aromatic heterocycles. The molecule has 24 heavy (non-hydrogen) atoms. The molecule has 3 rings (SSSR count). The summed E-state index contributed by atoms with van der Waals surface area (Å²) in [5.41, 5.74) is 3.38. The Labute approximate surface area is 143 Å². The molecule has 0 saturated heterocycles. The summed E-state index contributed by atoms with van der Waals surface area (Å²) in [7, 11) is 0. The molecule has 1 aliphatic carbocycles. The first kappa shape index (κ1) is 17.1. The minimum atomic E-state index is -0.745. The molecule has 1 fully saturated rings. The van der Waals surface area contributed by atoms with Gasteiger partial charge < -0.3 is 0 Å². The highest BCUT2D eigenvalue weighted by Gasteiger charge is 2.22. The van der Waals surface area contributed by atoms with E-state index < -0.39 is 11.9 Å². The van der Waals surface area contributed by atoms with Gasteiger partial charge in [-0.15, -0.1) is 0 Å². The van der Waals surface area contributed by atoms with Gasteiger partial charge in [-0.05, 0) is 80.0 Å². The van der Waals surface area contributed by atoms with E-state index in [-0.39, 0.29) is 0 Å². The van der Waals surface area contributed by atoms with E-state index in [4.69, 9.17) is 0 Å². The van der Waals surface area contributed by atoms with Gasteiger partial charge in [-0.1, -0.05) is 31.2 Å². The molecular formula is C21H25F2N. The molecule has 0 atom stereocenters. The molecule has 3 heteroatoms. The van der Waals surface area contributed by atoms with Crippen molar-refractivity contribution < 1.29 is 8.78 Å². The molecule has 0 N–H and O–H groups in total. The Balaban J connectivity index is 1.49. The van der Waals surface area contributed by atoms with E-state index >= 15 is 0 Å². The summed E-state index contributed by atoms with van der Waals surface area (Å²) in [5.74, 6) is -0.0949. The monoisotopic (exact) mass is 329 g/mol. The van der Waals surface area contributed by atoms with E-state index in [1.165, 1.54) is 48.9 Å². The van der Waals surface area contributed by atoms with Gasteiger partial charge in [0, 0.05) is 5.56 Å². The number of pyridine rings is 1. The van der Waals surface area contributed by atoms with Crippen LogP contribution < -0.4 is 0 Å². The van der Waals surface area contributed by atoms with Crippen molar-refractivity contribution >= 4 is 0 Å². The molecule has 0 radical (unpaired) electrons. The number of halogens is 2. The minimum Gasteiger partial charge on any atom is -0.190 e. The summed E-state index contributed by atoms with van der Waals surface area (Å²) in [6, 6.07) is 11.8. The highest BCUT2D eigenvalue weighted by atomic mass is 19.1. The van der Waals surface area contributed by atoms with E-state index in [2.05, 4.69) is 36.2 Å². The second-order valence-corrected chi connectivity index (χ2v) is 6.94. The van der Waals surface area contributed by atoms with Crippen LogP contribution in [0.1, 0.15) is 61.6 Å². The van der Waals surface area contributed by atoms with E-state index in [1.807, 2.05) is 0 Å². The largest absolute Gasteiger partial charge is 0.218 e. The molecule has 1 aliphatic rings. The first-order valence-electron chi connectivity index (χ1n) is 9.05. The van der Waals surface area contributed by atoms with Gasteiger partial charge >= 0.3 is 0 Å². The van der Waals surface area contributed by atoms with Crippen molar-refractivity contribution in [3.63, 3.8) is 0 Å². The highest BCUT2D eigenvalue weighted by Crippen LogP contribution is 2.37. The number of aromatic nitrogens is 1. The predicted octanol–water partition coefficient (Wildman–Crippen LogP) is 5.83. The Morgan fingerprint density at radius 3 is 2.29 bits per heavy atom. The first-order chi connectivity index (χ1) is 11.7. The summed E-state index contributed by atoms with van der Waals surface area (Å²) in [6.07, 6.45) is 7.50. The van der Waals surface area contributed by atoms with Crippen molar-refractivity contribution in [2.24, 2.45) is 5.92 Å². The summed E-state index contributed by atoms with van der Waals surface area (Å²) in [6.45, 7) is 2.18. The normalized spacial score (nSPS) is 21.0. The lowest BCUT2D eigenvalue weighted by atomic mass is 9.77. The van der Waals surface area contributed by atoms with Crippen LogP contribution in [0.4, 0.5) is 8.78 Å². The predicted molar refractivity (Wildman–Crippen MR) is 93.0 cm³/mol. The topological polar surface area (TPSA) is 12.9 Å². The molecule has 0 bridgehead atoms. The molecule has 1 nitrogen and oxygen atoms in total. The number of rotatable bonds is 5. The van der Waals surface area contributed by atoms with Crippen LogP contribution >= 0.6 is 0 Å². The molecule has 0 aliphatic heterocycles. The zero-order chi connectivity index (χ0) is 16.9. The maximum atomic E-state index is 13.6. The molecule has 0 amide bonds. The Morgan fingerprint density at radius 1 is 0.958 bits per heavy atom. The number of hydrogen-bond donors (Lipinski definition) is 0.